The summed E-state index contributed by atoms with van der Waals surface area (Å²) in [5.41, 5.74) is 4.66. The highest BCUT2D eigenvalue weighted by Gasteiger charge is 2.14. The summed E-state index contributed by atoms with van der Waals surface area (Å²) in [6.07, 6.45) is 4.05. The average molecular weight is 455 g/mol. The minimum absolute atomic E-state index is 0.0766. The number of anilines is 1. The Morgan fingerprint density at radius 1 is 1.06 bits per heavy atom. The lowest BCUT2D eigenvalue weighted by Gasteiger charge is -2.15. The maximum absolute atomic E-state index is 14.5. The molecule has 5 nitrogen and oxygen atoms in total. The first kappa shape index (κ1) is 23.5. The van der Waals surface area contributed by atoms with Crippen LogP contribution in [0.15, 0.2) is 64.9 Å². The Bertz CT molecular complexity index is 1340. The molecule has 0 amide bonds. The monoisotopic (exact) mass is 454 g/mol. The second kappa shape index (κ2) is 9.53. The zero-order valence-electron chi connectivity index (χ0n) is 18.6. The molecule has 2 aromatic carbocycles. The molecule has 0 saturated heterocycles. The van der Waals surface area contributed by atoms with Crippen LogP contribution in [0.1, 0.15) is 36.1 Å². The highest BCUT2D eigenvalue weighted by Crippen LogP contribution is 2.30. The SMILES string of the molecule is C/C=C/S(=O)(=O)Nc1ccc(Cc2ccc(C)cc2F)c(-c2cc(CC)c(=O)n(C)c2)c1. The molecule has 0 aliphatic heterocycles. The van der Waals surface area contributed by atoms with Crippen molar-refractivity contribution in [2.45, 2.75) is 33.6 Å². The number of hydrogen-bond donors (Lipinski definition) is 1. The molecule has 0 fully saturated rings. The molecule has 0 atom stereocenters. The Kier molecular flexibility index (Phi) is 6.99. The first-order chi connectivity index (χ1) is 15.1. The van der Waals surface area contributed by atoms with Gasteiger partial charge in [-0.1, -0.05) is 31.2 Å². The molecule has 3 rings (SSSR count). The van der Waals surface area contributed by atoms with Gasteiger partial charge in [0.25, 0.3) is 15.6 Å². The molecule has 168 valence electrons. The predicted molar refractivity (Wildman–Crippen MR) is 128 cm³/mol. The fourth-order valence-electron chi connectivity index (χ4n) is 3.62. The standard InChI is InChI=1S/C25H27FN2O3S/c1-5-11-32(30,31)27-22-10-9-19(14-20-8-7-17(3)12-24(20)26)23(15-22)21-13-18(6-2)25(29)28(4)16-21/h5,7-13,15-16,27H,6,14H2,1-4H3/b11-5+. The van der Waals surface area contributed by atoms with E-state index in [2.05, 4.69) is 4.72 Å². The summed E-state index contributed by atoms with van der Waals surface area (Å²) in [5.74, 6) is -0.288. The molecule has 0 bridgehead atoms. The number of nitrogens with zero attached hydrogens (tertiary/aromatic N) is 1. The summed E-state index contributed by atoms with van der Waals surface area (Å²) >= 11 is 0. The third-order valence-corrected chi connectivity index (χ3v) is 6.37. The van der Waals surface area contributed by atoms with Crippen LogP contribution < -0.4 is 10.3 Å². The third-order valence-electron chi connectivity index (χ3n) is 5.22. The van der Waals surface area contributed by atoms with Crippen molar-refractivity contribution in [1.82, 2.24) is 4.57 Å². The normalized spacial score (nSPS) is 11.8. The van der Waals surface area contributed by atoms with Crippen LogP contribution in [0.2, 0.25) is 0 Å². The summed E-state index contributed by atoms with van der Waals surface area (Å²) < 4.78 is 43.0. The molecule has 0 unspecified atom stereocenters. The maximum Gasteiger partial charge on any atom is 0.254 e. The minimum Gasteiger partial charge on any atom is -0.318 e. The van der Waals surface area contributed by atoms with Crippen LogP contribution in [0.5, 0.6) is 0 Å². The lowest BCUT2D eigenvalue weighted by atomic mass is 9.94. The number of aromatic nitrogens is 1. The number of nitrogens with one attached hydrogen (secondary N) is 1. The zero-order chi connectivity index (χ0) is 23.5. The van der Waals surface area contributed by atoms with Gasteiger partial charge in [-0.2, -0.15) is 0 Å². The lowest BCUT2D eigenvalue weighted by Crippen LogP contribution is -2.20. The van der Waals surface area contributed by atoms with Crippen LogP contribution in [-0.4, -0.2) is 13.0 Å². The Labute approximate surface area is 188 Å². The summed E-state index contributed by atoms with van der Waals surface area (Å²) in [5, 5.41) is 1.09. The van der Waals surface area contributed by atoms with E-state index in [9.17, 15) is 17.6 Å². The Balaban J connectivity index is 2.17. The molecule has 32 heavy (non-hydrogen) atoms. The number of sulfonamides is 1. The number of allylic oxidation sites excluding steroid dienone is 1. The summed E-state index contributed by atoms with van der Waals surface area (Å²) in [6.45, 7) is 5.37. The van der Waals surface area contributed by atoms with Crippen molar-refractivity contribution < 1.29 is 12.8 Å². The number of benzene rings is 2. The van der Waals surface area contributed by atoms with Gasteiger partial charge in [0.2, 0.25) is 0 Å². The smallest absolute Gasteiger partial charge is 0.254 e. The van der Waals surface area contributed by atoms with Gasteiger partial charge in [0, 0.05) is 36.3 Å². The van der Waals surface area contributed by atoms with E-state index in [1.165, 1.54) is 16.7 Å². The van der Waals surface area contributed by atoms with Crippen molar-refractivity contribution in [1.29, 1.82) is 0 Å². The number of aryl methyl sites for hydroxylation is 3. The summed E-state index contributed by atoms with van der Waals surface area (Å²) in [7, 11) is -1.96. The van der Waals surface area contributed by atoms with E-state index in [-0.39, 0.29) is 11.4 Å². The topological polar surface area (TPSA) is 68.2 Å². The number of halogens is 1. The lowest BCUT2D eigenvalue weighted by molar-refractivity contribution is 0.609. The highest BCUT2D eigenvalue weighted by atomic mass is 32.2. The third kappa shape index (κ3) is 5.34. The van der Waals surface area contributed by atoms with Crippen LogP contribution in [0.3, 0.4) is 0 Å². The number of pyridine rings is 1. The van der Waals surface area contributed by atoms with Crippen molar-refractivity contribution in [3.63, 3.8) is 0 Å². The van der Waals surface area contributed by atoms with Crippen molar-refractivity contribution in [2.75, 3.05) is 4.72 Å². The first-order valence-corrected chi connectivity index (χ1v) is 11.9. The number of hydrogen-bond acceptors (Lipinski definition) is 3. The second-order valence-electron chi connectivity index (χ2n) is 7.78. The van der Waals surface area contributed by atoms with Gasteiger partial charge in [-0.3, -0.25) is 9.52 Å². The van der Waals surface area contributed by atoms with Gasteiger partial charge in [0.05, 0.1) is 0 Å². The first-order valence-electron chi connectivity index (χ1n) is 10.4. The quantitative estimate of drug-likeness (QED) is 0.551. The van der Waals surface area contributed by atoms with Gasteiger partial charge in [0.1, 0.15) is 5.82 Å². The molecule has 1 aromatic heterocycles. The number of rotatable bonds is 7. The van der Waals surface area contributed by atoms with E-state index in [1.54, 1.807) is 44.4 Å². The molecule has 0 saturated carbocycles. The summed E-state index contributed by atoms with van der Waals surface area (Å²) in [4.78, 5) is 12.4. The van der Waals surface area contributed by atoms with Gasteiger partial charge in [0.15, 0.2) is 0 Å². The van der Waals surface area contributed by atoms with Gasteiger partial charge < -0.3 is 4.57 Å². The van der Waals surface area contributed by atoms with Crippen molar-refractivity contribution in [2.24, 2.45) is 7.05 Å². The molecule has 0 spiro atoms. The van der Waals surface area contributed by atoms with Crippen LogP contribution in [0.4, 0.5) is 10.1 Å². The van der Waals surface area contributed by atoms with E-state index in [1.807, 2.05) is 26.0 Å². The molecule has 3 aromatic rings. The van der Waals surface area contributed by atoms with Crippen molar-refractivity contribution in [3.05, 3.63) is 98.6 Å². The van der Waals surface area contributed by atoms with Crippen LogP contribution in [0, 0.1) is 12.7 Å². The van der Waals surface area contributed by atoms with Crippen LogP contribution in [-0.2, 0) is 29.9 Å². The van der Waals surface area contributed by atoms with Crippen molar-refractivity contribution >= 4 is 15.7 Å². The molecule has 0 radical (unpaired) electrons. The zero-order valence-corrected chi connectivity index (χ0v) is 19.5. The highest BCUT2D eigenvalue weighted by molar-refractivity contribution is 7.95. The Hall–Kier alpha value is -3.19. The molecular formula is C25H27FN2O3S. The van der Waals surface area contributed by atoms with E-state index in [0.29, 0.717) is 29.7 Å². The minimum atomic E-state index is -3.64. The second-order valence-corrected chi connectivity index (χ2v) is 9.35. The van der Waals surface area contributed by atoms with Crippen LogP contribution >= 0.6 is 0 Å². The van der Waals surface area contributed by atoms with Crippen molar-refractivity contribution in [3.8, 4) is 11.1 Å². The molecule has 1 N–H and O–H groups in total. The van der Waals surface area contributed by atoms with Gasteiger partial charge in [-0.25, -0.2) is 12.8 Å². The average Bonchev–Trinajstić information content (AvgIpc) is 2.72. The molecule has 7 heteroatoms. The van der Waals surface area contributed by atoms with E-state index in [4.69, 9.17) is 0 Å². The van der Waals surface area contributed by atoms with Gasteiger partial charge >= 0.3 is 0 Å². The Morgan fingerprint density at radius 3 is 2.44 bits per heavy atom. The van der Waals surface area contributed by atoms with E-state index in [0.717, 1.165) is 27.7 Å². The van der Waals surface area contributed by atoms with E-state index < -0.39 is 10.0 Å². The maximum atomic E-state index is 14.5. The molecule has 0 aliphatic rings. The van der Waals surface area contributed by atoms with Gasteiger partial charge in [-0.05, 0) is 72.4 Å². The molecule has 1 heterocycles. The van der Waals surface area contributed by atoms with Crippen LogP contribution in [0.25, 0.3) is 11.1 Å². The fraction of sp³-hybridized carbons (Fsp3) is 0.240. The Morgan fingerprint density at radius 2 is 1.78 bits per heavy atom. The predicted octanol–water partition coefficient (Wildman–Crippen LogP) is 4.93. The van der Waals surface area contributed by atoms with E-state index >= 15 is 0 Å². The van der Waals surface area contributed by atoms with Gasteiger partial charge in [-0.15, -0.1) is 0 Å². The molecular weight excluding hydrogens is 427 g/mol. The largest absolute Gasteiger partial charge is 0.318 e. The summed E-state index contributed by atoms with van der Waals surface area (Å²) in [6, 6.07) is 12.1. The fourth-order valence-corrected chi connectivity index (χ4v) is 4.50. The molecule has 0 aliphatic carbocycles.